The Kier molecular flexibility index (Phi) is 5.04. The summed E-state index contributed by atoms with van der Waals surface area (Å²) >= 11 is 0. The Labute approximate surface area is 123 Å². The standard InChI is InChI=1S/C17H17F2NO/c1-2-20(16-5-3-4-15(19)11-16)12-17(21)10-13-6-8-14(18)9-7-13/h3-9,11H,2,10,12H2,1H3. The van der Waals surface area contributed by atoms with Gasteiger partial charge in [0.25, 0.3) is 0 Å². The van der Waals surface area contributed by atoms with Crippen molar-refractivity contribution in [1.82, 2.24) is 0 Å². The Morgan fingerprint density at radius 1 is 1.05 bits per heavy atom. The molecule has 0 spiro atoms. The summed E-state index contributed by atoms with van der Waals surface area (Å²) in [7, 11) is 0. The average Bonchev–Trinajstić information content (AvgIpc) is 2.47. The van der Waals surface area contributed by atoms with E-state index in [1.807, 2.05) is 11.8 Å². The molecule has 0 aliphatic heterocycles. The summed E-state index contributed by atoms with van der Waals surface area (Å²) in [5, 5.41) is 0. The van der Waals surface area contributed by atoms with Gasteiger partial charge in [-0.05, 0) is 42.8 Å². The lowest BCUT2D eigenvalue weighted by atomic mass is 10.1. The molecule has 110 valence electrons. The van der Waals surface area contributed by atoms with E-state index in [1.54, 1.807) is 24.3 Å². The summed E-state index contributed by atoms with van der Waals surface area (Å²) in [5.41, 5.74) is 1.46. The lowest BCUT2D eigenvalue weighted by Crippen LogP contribution is -2.30. The van der Waals surface area contributed by atoms with Gasteiger partial charge >= 0.3 is 0 Å². The van der Waals surface area contributed by atoms with Crippen LogP contribution in [0.3, 0.4) is 0 Å². The molecule has 0 aromatic heterocycles. The predicted octanol–water partition coefficient (Wildman–Crippen LogP) is 3.60. The van der Waals surface area contributed by atoms with Crippen LogP contribution in [0.5, 0.6) is 0 Å². The van der Waals surface area contributed by atoms with E-state index in [2.05, 4.69) is 0 Å². The van der Waals surface area contributed by atoms with Gasteiger partial charge in [0.2, 0.25) is 0 Å². The summed E-state index contributed by atoms with van der Waals surface area (Å²) < 4.78 is 26.1. The van der Waals surface area contributed by atoms with Crippen molar-refractivity contribution in [3.05, 3.63) is 65.7 Å². The Morgan fingerprint density at radius 2 is 1.76 bits per heavy atom. The van der Waals surface area contributed by atoms with Crippen molar-refractivity contribution in [1.29, 1.82) is 0 Å². The first kappa shape index (κ1) is 15.2. The van der Waals surface area contributed by atoms with Crippen molar-refractivity contribution < 1.29 is 13.6 Å². The lowest BCUT2D eigenvalue weighted by Gasteiger charge is -2.22. The minimum atomic E-state index is -0.322. The minimum absolute atomic E-state index is 0.00715. The number of anilines is 1. The Hall–Kier alpha value is -2.23. The highest BCUT2D eigenvalue weighted by molar-refractivity contribution is 5.85. The number of carbonyl (C=O) groups excluding carboxylic acids is 1. The van der Waals surface area contributed by atoms with Gasteiger partial charge in [-0.15, -0.1) is 0 Å². The maximum atomic E-state index is 13.2. The van der Waals surface area contributed by atoms with Gasteiger partial charge in [-0.2, -0.15) is 0 Å². The number of nitrogens with zero attached hydrogens (tertiary/aromatic N) is 1. The number of rotatable bonds is 6. The number of hydrogen-bond acceptors (Lipinski definition) is 2. The van der Waals surface area contributed by atoms with Crippen molar-refractivity contribution in [2.45, 2.75) is 13.3 Å². The van der Waals surface area contributed by atoms with Crippen molar-refractivity contribution in [2.24, 2.45) is 0 Å². The number of carbonyl (C=O) groups is 1. The number of ketones is 1. The average molecular weight is 289 g/mol. The third kappa shape index (κ3) is 4.38. The molecule has 0 fully saturated rings. The highest BCUT2D eigenvalue weighted by atomic mass is 19.1. The molecule has 2 rings (SSSR count). The van der Waals surface area contributed by atoms with Crippen LogP contribution in [0.4, 0.5) is 14.5 Å². The largest absolute Gasteiger partial charge is 0.364 e. The minimum Gasteiger partial charge on any atom is -0.364 e. The van der Waals surface area contributed by atoms with Gasteiger partial charge in [0.15, 0.2) is 5.78 Å². The maximum Gasteiger partial charge on any atom is 0.156 e. The van der Waals surface area contributed by atoms with E-state index >= 15 is 0 Å². The summed E-state index contributed by atoms with van der Waals surface area (Å²) in [4.78, 5) is 13.9. The molecule has 0 unspecified atom stereocenters. The molecule has 2 aromatic carbocycles. The van der Waals surface area contributed by atoms with Gasteiger partial charge in [0, 0.05) is 18.7 Å². The second kappa shape index (κ2) is 6.97. The Morgan fingerprint density at radius 3 is 2.38 bits per heavy atom. The van der Waals surface area contributed by atoms with E-state index in [0.717, 1.165) is 5.56 Å². The topological polar surface area (TPSA) is 20.3 Å². The molecule has 0 atom stereocenters. The van der Waals surface area contributed by atoms with Gasteiger partial charge in [-0.3, -0.25) is 4.79 Å². The van der Waals surface area contributed by atoms with E-state index < -0.39 is 0 Å². The third-order valence-corrected chi connectivity index (χ3v) is 3.24. The Bertz CT molecular complexity index is 610. The van der Waals surface area contributed by atoms with Crippen molar-refractivity contribution in [2.75, 3.05) is 18.0 Å². The van der Waals surface area contributed by atoms with E-state index in [0.29, 0.717) is 12.2 Å². The summed E-state index contributed by atoms with van der Waals surface area (Å²) in [5.74, 6) is -0.634. The fourth-order valence-corrected chi connectivity index (χ4v) is 2.16. The maximum absolute atomic E-state index is 13.2. The molecule has 0 aliphatic rings. The van der Waals surface area contributed by atoms with Crippen LogP contribution in [0.1, 0.15) is 12.5 Å². The zero-order valence-electron chi connectivity index (χ0n) is 11.9. The van der Waals surface area contributed by atoms with E-state index in [1.165, 1.54) is 24.3 Å². The van der Waals surface area contributed by atoms with E-state index in [9.17, 15) is 13.6 Å². The van der Waals surface area contributed by atoms with Crippen molar-refractivity contribution in [3.8, 4) is 0 Å². The SMILES string of the molecule is CCN(CC(=O)Cc1ccc(F)cc1)c1cccc(F)c1. The van der Waals surface area contributed by atoms with E-state index in [4.69, 9.17) is 0 Å². The molecular formula is C17H17F2NO. The number of likely N-dealkylation sites (N-methyl/N-ethyl adjacent to an activating group) is 1. The van der Waals surface area contributed by atoms with Crippen LogP contribution in [0.15, 0.2) is 48.5 Å². The number of benzene rings is 2. The molecule has 0 heterocycles. The number of Topliss-reactive ketones (excluding diaryl/α,β-unsaturated/α-hetero) is 1. The summed E-state index contributed by atoms with van der Waals surface area (Å²) in [6.07, 6.45) is 0.242. The molecule has 2 aromatic rings. The molecule has 0 N–H and O–H groups in total. The second-order valence-electron chi connectivity index (χ2n) is 4.84. The first-order valence-corrected chi connectivity index (χ1v) is 6.85. The highest BCUT2D eigenvalue weighted by Gasteiger charge is 2.11. The van der Waals surface area contributed by atoms with Crippen LogP contribution in [-0.2, 0) is 11.2 Å². The quantitative estimate of drug-likeness (QED) is 0.810. The van der Waals surface area contributed by atoms with Gasteiger partial charge in [0.1, 0.15) is 11.6 Å². The first-order chi connectivity index (χ1) is 10.1. The fourth-order valence-electron chi connectivity index (χ4n) is 2.16. The number of halogens is 2. The molecule has 21 heavy (non-hydrogen) atoms. The summed E-state index contributed by atoms with van der Waals surface area (Å²) in [6, 6.07) is 12.1. The van der Waals surface area contributed by atoms with Crippen LogP contribution in [-0.4, -0.2) is 18.9 Å². The van der Waals surface area contributed by atoms with Crippen molar-refractivity contribution in [3.63, 3.8) is 0 Å². The van der Waals surface area contributed by atoms with Gasteiger partial charge < -0.3 is 4.90 Å². The highest BCUT2D eigenvalue weighted by Crippen LogP contribution is 2.15. The second-order valence-corrected chi connectivity index (χ2v) is 4.84. The van der Waals surface area contributed by atoms with Gasteiger partial charge in [0.05, 0.1) is 6.54 Å². The van der Waals surface area contributed by atoms with Crippen LogP contribution >= 0.6 is 0 Å². The van der Waals surface area contributed by atoms with Crippen LogP contribution in [0.2, 0.25) is 0 Å². The monoisotopic (exact) mass is 289 g/mol. The zero-order chi connectivity index (χ0) is 15.2. The molecule has 0 amide bonds. The van der Waals surface area contributed by atoms with Gasteiger partial charge in [-0.1, -0.05) is 18.2 Å². The molecule has 0 bridgehead atoms. The lowest BCUT2D eigenvalue weighted by molar-refractivity contribution is -0.117. The molecule has 0 radical (unpaired) electrons. The Balaban J connectivity index is 2.01. The molecule has 4 heteroatoms. The van der Waals surface area contributed by atoms with Crippen molar-refractivity contribution >= 4 is 11.5 Å². The van der Waals surface area contributed by atoms with Gasteiger partial charge in [-0.25, -0.2) is 8.78 Å². The number of hydrogen-bond donors (Lipinski definition) is 0. The smallest absolute Gasteiger partial charge is 0.156 e. The molecule has 0 saturated heterocycles. The predicted molar refractivity (Wildman–Crippen MR) is 79.4 cm³/mol. The molecule has 0 aliphatic carbocycles. The normalized spacial score (nSPS) is 10.4. The third-order valence-electron chi connectivity index (χ3n) is 3.24. The molecular weight excluding hydrogens is 272 g/mol. The zero-order valence-corrected chi connectivity index (χ0v) is 11.9. The fraction of sp³-hybridized carbons (Fsp3) is 0.235. The first-order valence-electron chi connectivity index (χ1n) is 6.85. The van der Waals surface area contributed by atoms with Crippen LogP contribution in [0, 0.1) is 11.6 Å². The molecule has 0 saturated carbocycles. The summed E-state index contributed by atoms with van der Waals surface area (Å²) in [6.45, 7) is 2.73. The molecule has 2 nitrogen and oxygen atoms in total. The van der Waals surface area contributed by atoms with E-state index in [-0.39, 0.29) is 30.4 Å². The van der Waals surface area contributed by atoms with Crippen LogP contribution < -0.4 is 4.90 Å². The van der Waals surface area contributed by atoms with Crippen LogP contribution in [0.25, 0.3) is 0 Å².